The fraction of sp³-hybridized carbons (Fsp3) is 0.643. The van der Waals surface area contributed by atoms with E-state index in [1.165, 1.54) is 30.7 Å². The van der Waals surface area contributed by atoms with Gasteiger partial charge in [0.1, 0.15) is 0 Å². The molecule has 3 rings (SSSR count). The number of guanidine groups is 1. The van der Waals surface area contributed by atoms with Gasteiger partial charge in [0.05, 0.1) is 5.00 Å². The van der Waals surface area contributed by atoms with Crippen LogP contribution in [0.15, 0.2) is 22.5 Å². The van der Waals surface area contributed by atoms with Crippen LogP contribution < -0.4 is 15.5 Å². The van der Waals surface area contributed by atoms with E-state index < -0.39 is 0 Å². The molecule has 5 heteroatoms. The summed E-state index contributed by atoms with van der Waals surface area (Å²) in [4.78, 5) is 6.80. The fourth-order valence-corrected chi connectivity index (χ4v) is 3.26. The van der Waals surface area contributed by atoms with Crippen molar-refractivity contribution in [2.45, 2.75) is 37.8 Å². The molecule has 1 saturated carbocycles. The normalized spacial score (nSPS) is 21.5. The van der Waals surface area contributed by atoms with Gasteiger partial charge in [-0.05, 0) is 43.2 Å². The van der Waals surface area contributed by atoms with Gasteiger partial charge in [0.15, 0.2) is 5.96 Å². The number of hydrogen-bond donors (Lipinski definition) is 2. The summed E-state index contributed by atoms with van der Waals surface area (Å²) >= 11 is 1.84. The van der Waals surface area contributed by atoms with Crippen LogP contribution in [0.2, 0.25) is 0 Å². The number of nitrogens with zero attached hydrogens (tertiary/aromatic N) is 2. The van der Waals surface area contributed by atoms with E-state index in [-0.39, 0.29) is 0 Å². The summed E-state index contributed by atoms with van der Waals surface area (Å²) in [6, 6.07) is 5.57. The Kier molecular flexibility index (Phi) is 3.92. The van der Waals surface area contributed by atoms with Crippen LogP contribution in [-0.4, -0.2) is 38.2 Å². The minimum Gasteiger partial charge on any atom is -0.363 e. The molecule has 4 nitrogen and oxygen atoms in total. The van der Waals surface area contributed by atoms with Crippen LogP contribution in [-0.2, 0) is 0 Å². The van der Waals surface area contributed by atoms with Crippen LogP contribution in [0, 0.1) is 0 Å². The van der Waals surface area contributed by atoms with Crippen LogP contribution in [0.1, 0.15) is 25.7 Å². The molecule has 0 aromatic carbocycles. The standard InChI is InChI=1S/C14H22N4S/c1-15-14(16-11-4-5-11)17-12-6-8-18(9-7-12)13-3-2-10-19-13/h2-3,10-12H,4-9H2,1H3,(H2,15,16,17). The lowest BCUT2D eigenvalue weighted by Gasteiger charge is -2.33. The third-order valence-electron chi connectivity index (χ3n) is 3.80. The molecule has 2 fully saturated rings. The lowest BCUT2D eigenvalue weighted by atomic mass is 10.1. The molecule has 1 aromatic rings. The first-order chi connectivity index (χ1) is 9.35. The van der Waals surface area contributed by atoms with Crippen molar-refractivity contribution < 1.29 is 0 Å². The lowest BCUT2D eigenvalue weighted by molar-refractivity contribution is 0.462. The summed E-state index contributed by atoms with van der Waals surface area (Å²) in [5.41, 5.74) is 0. The highest BCUT2D eigenvalue weighted by Gasteiger charge is 2.25. The van der Waals surface area contributed by atoms with Crippen molar-refractivity contribution >= 4 is 22.3 Å². The molecule has 0 atom stereocenters. The Labute approximate surface area is 118 Å². The van der Waals surface area contributed by atoms with E-state index >= 15 is 0 Å². The Morgan fingerprint density at radius 2 is 1.89 bits per heavy atom. The second-order valence-corrected chi connectivity index (χ2v) is 6.27. The van der Waals surface area contributed by atoms with Gasteiger partial charge in [0, 0.05) is 32.2 Å². The molecule has 1 aliphatic heterocycles. The van der Waals surface area contributed by atoms with E-state index in [9.17, 15) is 0 Å². The molecule has 2 aliphatic rings. The number of thiophene rings is 1. The smallest absolute Gasteiger partial charge is 0.191 e. The predicted molar refractivity (Wildman–Crippen MR) is 82.2 cm³/mol. The highest BCUT2D eigenvalue weighted by atomic mass is 32.1. The zero-order valence-corrected chi connectivity index (χ0v) is 12.2. The van der Waals surface area contributed by atoms with Gasteiger partial charge in [-0.25, -0.2) is 0 Å². The van der Waals surface area contributed by atoms with E-state index in [1.54, 1.807) is 0 Å². The third kappa shape index (κ3) is 3.41. The Morgan fingerprint density at radius 1 is 1.21 bits per heavy atom. The summed E-state index contributed by atoms with van der Waals surface area (Å²) in [6.45, 7) is 2.28. The van der Waals surface area contributed by atoms with Crippen LogP contribution in [0.5, 0.6) is 0 Å². The number of hydrogen-bond acceptors (Lipinski definition) is 3. The van der Waals surface area contributed by atoms with Crippen LogP contribution in [0.4, 0.5) is 5.00 Å². The van der Waals surface area contributed by atoms with Crippen molar-refractivity contribution in [1.82, 2.24) is 10.6 Å². The second-order valence-electron chi connectivity index (χ2n) is 5.35. The molecule has 0 unspecified atom stereocenters. The summed E-state index contributed by atoms with van der Waals surface area (Å²) in [5.74, 6) is 0.983. The molecule has 2 heterocycles. The van der Waals surface area contributed by atoms with Crippen molar-refractivity contribution in [2.75, 3.05) is 25.0 Å². The van der Waals surface area contributed by atoms with Gasteiger partial charge in [-0.2, -0.15) is 0 Å². The molecular formula is C14H22N4S. The van der Waals surface area contributed by atoms with Crippen molar-refractivity contribution in [2.24, 2.45) is 4.99 Å². The second kappa shape index (κ2) is 5.82. The Hall–Kier alpha value is -1.23. The topological polar surface area (TPSA) is 39.7 Å². The summed E-state index contributed by atoms with van der Waals surface area (Å²) in [6.07, 6.45) is 4.95. The Balaban J connectivity index is 1.47. The third-order valence-corrected chi connectivity index (χ3v) is 4.72. The zero-order valence-electron chi connectivity index (χ0n) is 11.4. The first-order valence-electron chi connectivity index (χ1n) is 7.13. The molecule has 0 spiro atoms. The van der Waals surface area contributed by atoms with E-state index in [4.69, 9.17) is 0 Å². The minimum absolute atomic E-state index is 0.557. The van der Waals surface area contributed by atoms with Gasteiger partial charge in [0.2, 0.25) is 0 Å². The maximum atomic E-state index is 4.31. The zero-order chi connectivity index (χ0) is 13.1. The SMILES string of the molecule is CN=C(NC1CC1)NC1CCN(c2cccs2)CC1. The average Bonchev–Trinajstić information content (AvgIpc) is 3.09. The monoisotopic (exact) mass is 278 g/mol. The van der Waals surface area contributed by atoms with E-state index in [0.717, 1.165) is 19.0 Å². The van der Waals surface area contributed by atoms with Gasteiger partial charge in [0.25, 0.3) is 0 Å². The molecule has 1 aromatic heterocycles. The molecule has 1 aliphatic carbocycles. The predicted octanol–water partition coefficient (Wildman–Crippen LogP) is 2.04. The maximum Gasteiger partial charge on any atom is 0.191 e. The Morgan fingerprint density at radius 3 is 2.42 bits per heavy atom. The first kappa shape index (κ1) is 12.8. The number of piperidine rings is 1. The molecule has 19 heavy (non-hydrogen) atoms. The summed E-state index contributed by atoms with van der Waals surface area (Å²) in [5, 5.41) is 10.6. The van der Waals surface area contributed by atoms with E-state index in [0.29, 0.717) is 12.1 Å². The first-order valence-corrected chi connectivity index (χ1v) is 8.01. The van der Waals surface area contributed by atoms with Gasteiger partial charge in [-0.15, -0.1) is 11.3 Å². The molecular weight excluding hydrogens is 256 g/mol. The molecule has 1 saturated heterocycles. The van der Waals surface area contributed by atoms with E-state index in [2.05, 4.69) is 38.0 Å². The van der Waals surface area contributed by atoms with Crippen LogP contribution >= 0.6 is 11.3 Å². The van der Waals surface area contributed by atoms with Gasteiger partial charge in [-0.1, -0.05) is 0 Å². The van der Waals surface area contributed by atoms with Crippen LogP contribution in [0.25, 0.3) is 0 Å². The van der Waals surface area contributed by atoms with Gasteiger partial charge < -0.3 is 15.5 Å². The Bertz CT molecular complexity index is 417. The van der Waals surface area contributed by atoms with E-state index in [1.807, 2.05) is 18.4 Å². The van der Waals surface area contributed by atoms with Crippen LogP contribution in [0.3, 0.4) is 0 Å². The molecule has 0 amide bonds. The number of nitrogens with one attached hydrogen (secondary N) is 2. The lowest BCUT2D eigenvalue weighted by Crippen LogP contribution is -2.49. The molecule has 104 valence electrons. The van der Waals surface area contributed by atoms with Gasteiger partial charge in [-0.3, -0.25) is 4.99 Å². The van der Waals surface area contributed by atoms with Crippen molar-refractivity contribution in [3.8, 4) is 0 Å². The number of rotatable bonds is 3. The maximum absolute atomic E-state index is 4.31. The number of anilines is 1. The van der Waals surface area contributed by atoms with Crippen molar-refractivity contribution in [3.05, 3.63) is 17.5 Å². The number of aliphatic imine (C=N–C) groups is 1. The summed E-state index contributed by atoms with van der Waals surface area (Å²) < 4.78 is 0. The quantitative estimate of drug-likeness (QED) is 0.656. The fourth-order valence-electron chi connectivity index (χ4n) is 2.48. The van der Waals surface area contributed by atoms with Crippen molar-refractivity contribution in [1.29, 1.82) is 0 Å². The largest absolute Gasteiger partial charge is 0.363 e. The average molecular weight is 278 g/mol. The van der Waals surface area contributed by atoms with Crippen molar-refractivity contribution in [3.63, 3.8) is 0 Å². The summed E-state index contributed by atoms with van der Waals surface area (Å²) in [7, 11) is 1.86. The minimum atomic E-state index is 0.557. The highest BCUT2D eigenvalue weighted by molar-refractivity contribution is 7.14. The van der Waals surface area contributed by atoms with Gasteiger partial charge >= 0.3 is 0 Å². The molecule has 2 N–H and O–H groups in total. The molecule has 0 bridgehead atoms. The molecule has 0 radical (unpaired) electrons. The highest BCUT2D eigenvalue weighted by Crippen LogP contribution is 2.25.